The maximum absolute atomic E-state index is 12.8. The number of carbonyl (C=O) groups excluding carboxylic acids is 1. The van der Waals surface area contributed by atoms with E-state index in [1.54, 1.807) is 30.5 Å². The first-order chi connectivity index (χ1) is 20.5. The quantitative estimate of drug-likeness (QED) is 0.188. The minimum Gasteiger partial charge on any atom is -0.492 e. The summed E-state index contributed by atoms with van der Waals surface area (Å²) in [5, 5.41) is 28.9. The summed E-state index contributed by atoms with van der Waals surface area (Å²) in [5.41, 5.74) is 3.27. The van der Waals surface area contributed by atoms with Crippen LogP contribution in [0.3, 0.4) is 0 Å². The Morgan fingerprint density at radius 1 is 1.05 bits per heavy atom. The number of amides is 2. The number of rotatable bonds is 16. The third-order valence-corrected chi connectivity index (χ3v) is 7.85. The lowest BCUT2D eigenvalue weighted by molar-refractivity contribution is 0.0960. The van der Waals surface area contributed by atoms with Gasteiger partial charge in [0.05, 0.1) is 30.6 Å². The average molecular weight is 614 g/mol. The Morgan fingerprint density at radius 2 is 1.77 bits per heavy atom. The molecule has 2 amide bonds. The van der Waals surface area contributed by atoms with Gasteiger partial charge in [-0.3, -0.25) is 9.78 Å². The van der Waals surface area contributed by atoms with Gasteiger partial charge in [0.2, 0.25) is 10.0 Å². The molecule has 0 unspecified atom stereocenters. The van der Waals surface area contributed by atoms with Crippen LogP contribution in [0.25, 0.3) is 11.1 Å². The van der Waals surface area contributed by atoms with Gasteiger partial charge in [0.25, 0.3) is 5.91 Å². The smallest absolute Gasteiger partial charge is 0.407 e. The number of aliphatic hydroxyl groups excluding tert-OH is 2. The number of nitrogens with zero attached hydrogens (tertiary/aromatic N) is 2. The second-order valence-corrected chi connectivity index (χ2v) is 12.4. The van der Waals surface area contributed by atoms with Crippen LogP contribution in [0.1, 0.15) is 54.3 Å². The number of benzene rings is 2. The predicted molar refractivity (Wildman–Crippen MR) is 162 cm³/mol. The van der Waals surface area contributed by atoms with Gasteiger partial charge in [-0.1, -0.05) is 50.2 Å². The highest BCUT2D eigenvalue weighted by Gasteiger charge is 2.21. The van der Waals surface area contributed by atoms with Crippen molar-refractivity contribution < 1.29 is 38.1 Å². The molecule has 2 aromatic carbocycles. The Hall–Kier alpha value is -4.00. The maximum atomic E-state index is 12.8. The first kappa shape index (κ1) is 33.5. The summed E-state index contributed by atoms with van der Waals surface area (Å²) >= 11 is 0. The highest BCUT2D eigenvalue weighted by atomic mass is 32.2. The molecule has 3 aromatic rings. The summed E-state index contributed by atoms with van der Waals surface area (Å²) in [6.45, 7) is 4.14. The first-order valence-corrected chi connectivity index (χ1v) is 15.7. The molecule has 0 spiro atoms. The van der Waals surface area contributed by atoms with Crippen molar-refractivity contribution in [1.29, 1.82) is 0 Å². The predicted octanol–water partition coefficient (Wildman–Crippen LogP) is 3.87. The number of hydrogen-bond acceptors (Lipinski definition) is 8. The topological polar surface area (TPSA) is 166 Å². The van der Waals surface area contributed by atoms with Crippen LogP contribution in [-0.2, 0) is 16.4 Å². The summed E-state index contributed by atoms with van der Waals surface area (Å²) in [6.07, 6.45) is 2.23. The van der Waals surface area contributed by atoms with Crippen molar-refractivity contribution in [3.8, 4) is 16.9 Å². The van der Waals surface area contributed by atoms with Crippen LogP contribution in [0.5, 0.6) is 5.75 Å². The molecule has 3 rings (SSSR count). The number of ether oxygens (including phenoxy) is 1. The Labute approximate surface area is 252 Å². The molecule has 43 heavy (non-hydrogen) atoms. The fourth-order valence-electron chi connectivity index (χ4n) is 4.26. The normalized spacial score (nSPS) is 12.1. The first-order valence-electron chi connectivity index (χ1n) is 14.1. The summed E-state index contributed by atoms with van der Waals surface area (Å²) in [7, 11) is -3.91. The summed E-state index contributed by atoms with van der Waals surface area (Å²) in [4.78, 5) is 29.7. The molecule has 0 saturated carbocycles. The lowest BCUT2D eigenvalue weighted by Gasteiger charge is -2.22. The molecule has 0 saturated heterocycles. The molecule has 1 atom stereocenters. The molecule has 11 nitrogen and oxygen atoms in total. The standard InChI is InChI=1S/C31H39N3O8S/c1-22(2)21-42-29-18-25(12-13-27(29)30(37)33-43(40,41)17-5-16-35)24-10-8-23(9-11-24)6-4-15-34(31(38)39)20-28(36)26-7-3-14-32-19-26/h3,7-14,18-19,22,28,35-36H,4-6,15-17,20-21H2,1-2H3,(H,33,37)(H,38,39)/t28-/m1/s1. The average Bonchev–Trinajstić information content (AvgIpc) is 2.98. The Balaban J connectivity index is 1.67. The van der Waals surface area contributed by atoms with E-state index in [4.69, 9.17) is 9.84 Å². The van der Waals surface area contributed by atoms with Crippen molar-refractivity contribution >= 4 is 22.0 Å². The number of pyridine rings is 1. The van der Waals surface area contributed by atoms with Crippen LogP contribution >= 0.6 is 0 Å². The number of carbonyl (C=O) groups is 2. The highest BCUT2D eigenvalue weighted by molar-refractivity contribution is 7.90. The van der Waals surface area contributed by atoms with E-state index in [0.29, 0.717) is 25.0 Å². The zero-order valence-electron chi connectivity index (χ0n) is 24.3. The van der Waals surface area contributed by atoms with E-state index in [-0.39, 0.29) is 49.1 Å². The summed E-state index contributed by atoms with van der Waals surface area (Å²) in [5.74, 6) is -0.749. The molecule has 0 radical (unpaired) electrons. The van der Waals surface area contributed by atoms with Crippen molar-refractivity contribution in [2.24, 2.45) is 5.92 Å². The Morgan fingerprint density at radius 3 is 2.40 bits per heavy atom. The summed E-state index contributed by atoms with van der Waals surface area (Å²) < 4.78 is 32.3. The third kappa shape index (κ3) is 10.7. The molecule has 0 fully saturated rings. The van der Waals surface area contributed by atoms with Gasteiger partial charge in [0.1, 0.15) is 5.75 Å². The monoisotopic (exact) mass is 613 g/mol. The molecular weight excluding hydrogens is 574 g/mol. The SMILES string of the molecule is CC(C)COc1cc(-c2ccc(CCCN(C[C@@H](O)c3cccnc3)C(=O)O)cc2)ccc1C(=O)NS(=O)(=O)CCCO. The third-order valence-electron chi connectivity index (χ3n) is 6.53. The van der Waals surface area contributed by atoms with Gasteiger partial charge in [-0.15, -0.1) is 0 Å². The van der Waals surface area contributed by atoms with Crippen LogP contribution in [0.4, 0.5) is 4.79 Å². The van der Waals surface area contributed by atoms with Crippen LogP contribution < -0.4 is 9.46 Å². The molecular formula is C31H39N3O8S. The van der Waals surface area contributed by atoms with E-state index in [2.05, 4.69) is 4.98 Å². The molecule has 0 aliphatic carbocycles. The van der Waals surface area contributed by atoms with Crippen molar-refractivity contribution in [3.63, 3.8) is 0 Å². The molecule has 1 aromatic heterocycles. The lowest BCUT2D eigenvalue weighted by atomic mass is 10.00. The maximum Gasteiger partial charge on any atom is 0.407 e. The van der Waals surface area contributed by atoms with Gasteiger partial charge >= 0.3 is 6.09 Å². The molecule has 0 aliphatic heterocycles. The molecule has 0 bridgehead atoms. The number of aliphatic hydroxyl groups is 2. The van der Waals surface area contributed by atoms with Crippen molar-refractivity contribution in [3.05, 3.63) is 83.7 Å². The largest absolute Gasteiger partial charge is 0.492 e. The second-order valence-electron chi connectivity index (χ2n) is 10.6. The number of nitrogens with one attached hydrogen (secondary N) is 1. The fraction of sp³-hybridized carbons (Fsp3) is 0.387. The number of aromatic nitrogens is 1. The molecule has 232 valence electrons. The van der Waals surface area contributed by atoms with Gasteiger partial charge in [-0.2, -0.15) is 0 Å². The van der Waals surface area contributed by atoms with Gasteiger partial charge in [0.15, 0.2) is 0 Å². The van der Waals surface area contributed by atoms with Crippen molar-refractivity contribution in [2.45, 2.75) is 39.2 Å². The van der Waals surface area contributed by atoms with Gasteiger partial charge in [0, 0.05) is 31.1 Å². The minimum atomic E-state index is -3.91. The van der Waals surface area contributed by atoms with Crippen LogP contribution in [0, 0.1) is 5.92 Å². The van der Waals surface area contributed by atoms with E-state index in [1.807, 2.05) is 42.8 Å². The van der Waals surface area contributed by atoms with Crippen LogP contribution in [0.2, 0.25) is 0 Å². The number of carboxylic acid groups (broad SMARTS) is 1. The van der Waals surface area contributed by atoms with Gasteiger partial charge < -0.3 is 25.0 Å². The molecule has 12 heteroatoms. The fourth-order valence-corrected chi connectivity index (χ4v) is 5.26. The van der Waals surface area contributed by atoms with Gasteiger partial charge in [-0.05, 0) is 60.1 Å². The minimum absolute atomic E-state index is 0.0152. The summed E-state index contributed by atoms with van der Waals surface area (Å²) in [6, 6.07) is 16.0. The van der Waals surface area contributed by atoms with Crippen LogP contribution in [0.15, 0.2) is 67.0 Å². The highest BCUT2D eigenvalue weighted by Crippen LogP contribution is 2.29. The van der Waals surface area contributed by atoms with E-state index in [0.717, 1.165) is 16.7 Å². The Kier molecular flexibility index (Phi) is 12.5. The number of hydrogen-bond donors (Lipinski definition) is 4. The van der Waals surface area contributed by atoms with E-state index < -0.39 is 28.1 Å². The van der Waals surface area contributed by atoms with E-state index in [9.17, 15) is 28.2 Å². The van der Waals surface area contributed by atoms with Gasteiger partial charge in [-0.25, -0.2) is 17.9 Å². The zero-order valence-corrected chi connectivity index (χ0v) is 25.2. The van der Waals surface area contributed by atoms with Crippen molar-refractivity contribution in [2.75, 3.05) is 32.1 Å². The number of sulfonamides is 1. The molecule has 1 heterocycles. The molecule has 4 N–H and O–H groups in total. The van der Waals surface area contributed by atoms with Crippen molar-refractivity contribution in [1.82, 2.24) is 14.6 Å². The van der Waals surface area contributed by atoms with E-state index >= 15 is 0 Å². The van der Waals surface area contributed by atoms with Crippen LogP contribution in [-0.4, -0.2) is 77.7 Å². The number of aryl methyl sites for hydroxylation is 1. The molecule has 0 aliphatic rings. The Bertz CT molecular complexity index is 1450. The van der Waals surface area contributed by atoms with E-state index in [1.165, 1.54) is 17.2 Å². The zero-order chi connectivity index (χ0) is 31.4. The second kappa shape index (κ2) is 16.0. The lowest BCUT2D eigenvalue weighted by Crippen LogP contribution is -2.34.